The molecule has 0 saturated carbocycles. The van der Waals surface area contributed by atoms with Gasteiger partial charge in [0.15, 0.2) is 11.6 Å². The molecule has 23 heavy (non-hydrogen) atoms. The number of aryl methyl sites for hydroxylation is 3. The van der Waals surface area contributed by atoms with Gasteiger partial charge in [-0.05, 0) is 32.9 Å². The van der Waals surface area contributed by atoms with Crippen LogP contribution in [0.3, 0.4) is 0 Å². The zero-order valence-corrected chi connectivity index (χ0v) is 13.0. The lowest BCUT2D eigenvalue weighted by Crippen LogP contribution is -2.08. The second-order valence-corrected chi connectivity index (χ2v) is 5.29. The molecule has 8 nitrogen and oxygen atoms in total. The van der Waals surface area contributed by atoms with Crippen molar-refractivity contribution < 1.29 is 0 Å². The van der Waals surface area contributed by atoms with Crippen LogP contribution in [0.2, 0.25) is 0 Å². The number of aromatic nitrogens is 8. The van der Waals surface area contributed by atoms with Crippen LogP contribution < -0.4 is 0 Å². The van der Waals surface area contributed by atoms with Crippen LogP contribution in [0.15, 0.2) is 31.0 Å². The minimum absolute atomic E-state index is 0.566. The van der Waals surface area contributed by atoms with E-state index in [1.807, 2.05) is 32.9 Å². The average molecular weight is 306 g/mol. The highest BCUT2D eigenvalue weighted by Crippen LogP contribution is 2.22. The standard InChI is InChI=1S/C15H14N8/c1-9-4-5-12(6-17-9)14-20-15(22-8-16-7-18-22)13-10(2)19-11(3)23(13)21-14/h4-8H,1-3H3. The number of fused-ring (bicyclic) bond motifs is 1. The molecule has 0 saturated heterocycles. The molecule has 0 radical (unpaired) electrons. The summed E-state index contributed by atoms with van der Waals surface area (Å²) in [7, 11) is 0. The second kappa shape index (κ2) is 4.94. The van der Waals surface area contributed by atoms with E-state index in [1.165, 1.54) is 6.33 Å². The van der Waals surface area contributed by atoms with E-state index in [0.29, 0.717) is 11.6 Å². The third-order valence-corrected chi connectivity index (χ3v) is 3.61. The second-order valence-electron chi connectivity index (χ2n) is 5.29. The monoisotopic (exact) mass is 306 g/mol. The van der Waals surface area contributed by atoms with Crippen LogP contribution in [-0.2, 0) is 0 Å². The van der Waals surface area contributed by atoms with Crippen LogP contribution in [0.4, 0.5) is 0 Å². The van der Waals surface area contributed by atoms with Gasteiger partial charge < -0.3 is 0 Å². The van der Waals surface area contributed by atoms with Crippen molar-refractivity contribution in [2.45, 2.75) is 20.8 Å². The number of hydrogen-bond acceptors (Lipinski definition) is 6. The van der Waals surface area contributed by atoms with Crippen LogP contribution >= 0.6 is 0 Å². The normalized spacial score (nSPS) is 11.3. The number of imidazole rings is 1. The lowest BCUT2D eigenvalue weighted by atomic mass is 10.2. The van der Waals surface area contributed by atoms with E-state index in [-0.39, 0.29) is 0 Å². The van der Waals surface area contributed by atoms with Gasteiger partial charge in [-0.3, -0.25) is 4.98 Å². The van der Waals surface area contributed by atoms with E-state index in [0.717, 1.165) is 28.3 Å². The van der Waals surface area contributed by atoms with E-state index >= 15 is 0 Å². The maximum Gasteiger partial charge on any atom is 0.185 e. The van der Waals surface area contributed by atoms with E-state index in [4.69, 9.17) is 0 Å². The summed E-state index contributed by atoms with van der Waals surface area (Å²) in [5.74, 6) is 2.00. The molecule has 0 aliphatic rings. The van der Waals surface area contributed by atoms with Crippen LogP contribution in [0.5, 0.6) is 0 Å². The van der Waals surface area contributed by atoms with Crippen molar-refractivity contribution in [2.24, 2.45) is 0 Å². The summed E-state index contributed by atoms with van der Waals surface area (Å²) in [6.45, 7) is 5.78. The van der Waals surface area contributed by atoms with E-state index in [2.05, 4.69) is 30.1 Å². The molecule has 4 aromatic heterocycles. The van der Waals surface area contributed by atoms with Gasteiger partial charge in [-0.15, -0.1) is 5.10 Å². The third kappa shape index (κ3) is 2.15. The molecule has 0 aliphatic heterocycles. The smallest absolute Gasteiger partial charge is 0.185 e. The third-order valence-electron chi connectivity index (χ3n) is 3.61. The van der Waals surface area contributed by atoms with Crippen molar-refractivity contribution in [2.75, 3.05) is 0 Å². The predicted octanol–water partition coefficient (Wildman–Crippen LogP) is 1.69. The molecule has 0 amide bonds. The van der Waals surface area contributed by atoms with Gasteiger partial charge in [-0.2, -0.15) is 5.10 Å². The Bertz CT molecular complexity index is 983. The summed E-state index contributed by atoms with van der Waals surface area (Å²) in [4.78, 5) is 17.5. The first-order valence-corrected chi connectivity index (χ1v) is 7.15. The number of rotatable bonds is 2. The first-order chi connectivity index (χ1) is 11.1. The van der Waals surface area contributed by atoms with Gasteiger partial charge in [0.1, 0.15) is 24.0 Å². The Morgan fingerprint density at radius 2 is 1.91 bits per heavy atom. The molecule has 0 atom stereocenters. The molecule has 0 aliphatic carbocycles. The van der Waals surface area contributed by atoms with Crippen molar-refractivity contribution >= 4 is 5.52 Å². The molecule has 0 spiro atoms. The summed E-state index contributed by atoms with van der Waals surface area (Å²) in [5, 5.41) is 8.80. The van der Waals surface area contributed by atoms with Crippen molar-refractivity contribution in [1.29, 1.82) is 0 Å². The highest BCUT2D eigenvalue weighted by molar-refractivity contribution is 5.67. The summed E-state index contributed by atoms with van der Waals surface area (Å²) in [5.41, 5.74) is 3.45. The van der Waals surface area contributed by atoms with Gasteiger partial charge in [-0.1, -0.05) is 0 Å². The van der Waals surface area contributed by atoms with Gasteiger partial charge in [-0.25, -0.2) is 24.1 Å². The largest absolute Gasteiger partial charge is 0.261 e. The Hall–Kier alpha value is -3.16. The Morgan fingerprint density at radius 1 is 1.04 bits per heavy atom. The molecule has 0 N–H and O–H groups in total. The highest BCUT2D eigenvalue weighted by Gasteiger charge is 2.17. The van der Waals surface area contributed by atoms with E-state index in [9.17, 15) is 0 Å². The molecular formula is C15H14N8. The van der Waals surface area contributed by atoms with E-state index < -0.39 is 0 Å². The highest BCUT2D eigenvalue weighted by atomic mass is 15.4. The van der Waals surface area contributed by atoms with Crippen LogP contribution in [0.25, 0.3) is 22.7 Å². The summed E-state index contributed by atoms with van der Waals surface area (Å²) >= 11 is 0. The molecule has 8 heteroatoms. The molecule has 0 bridgehead atoms. The van der Waals surface area contributed by atoms with Gasteiger partial charge in [0, 0.05) is 17.5 Å². The minimum Gasteiger partial charge on any atom is -0.261 e. The molecule has 0 aromatic carbocycles. The Balaban J connectivity index is 2.04. The Labute approximate surface area is 131 Å². The first-order valence-electron chi connectivity index (χ1n) is 7.15. The summed E-state index contributed by atoms with van der Waals surface area (Å²) in [6, 6.07) is 3.89. The Kier molecular flexibility index (Phi) is 2.90. The zero-order chi connectivity index (χ0) is 16.0. The molecule has 4 heterocycles. The predicted molar refractivity (Wildman–Crippen MR) is 83.1 cm³/mol. The first kappa shape index (κ1) is 13.5. The molecular weight excluding hydrogens is 292 g/mol. The average Bonchev–Trinajstić information content (AvgIpc) is 3.17. The topological polar surface area (TPSA) is 86.7 Å². The zero-order valence-electron chi connectivity index (χ0n) is 13.0. The lowest BCUT2D eigenvalue weighted by molar-refractivity contribution is 0.799. The molecule has 0 fully saturated rings. The maximum absolute atomic E-state index is 4.67. The lowest BCUT2D eigenvalue weighted by Gasteiger charge is -2.07. The fourth-order valence-electron chi connectivity index (χ4n) is 2.51. The van der Waals surface area contributed by atoms with Crippen LogP contribution in [0, 0.1) is 20.8 Å². The SMILES string of the molecule is Cc1ccc(-c2nc(-n3cncn3)c3c(C)nc(C)n3n2)cn1. The van der Waals surface area contributed by atoms with Gasteiger partial charge in [0.25, 0.3) is 0 Å². The molecule has 4 aromatic rings. The Morgan fingerprint density at radius 3 is 2.61 bits per heavy atom. The fraction of sp³-hybridized carbons (Fsp3) is 0.200. The van der Waals surface area contributed by atoms with E-state index in [1.54, 1.807) is 21.7 Å². The summed E-state index contributed by atoms with van der Waals surface area (Å²) < 4.78 is 3.41. The van der Waals surface area contributed by atoms with Gasteiger partial charge in [0.05, 0.1) is 5.69 Å². The van der Waals surface area contributed by atoms with Gasteiger partial charge >= 0.3 is 0 Å². The molecule has 4 rings (SSSR count). The molecule has 114 valence electrons. The van der Waals surface area contributed by atoms with Gasteiger partial charge in [0.2, 0.25) is 0 Å². The van der Waals surface area contributed by atoms with Crippen LogP contribution in [0.1, 0.15) is 17.2 Å². The quantitative estimate of drug-likeness (QED) is 0.560. The maximum atomic E-state index is 4.67. The molecule has 0 unspecified atom stereocenters. The summed E-state index contributed by atoms with van der Waals surface area (Å²) in [6.07, 6.45) is 4.85. The fourth-order valence-corrected chi connectivity index (χ4v) is 2.51. The van der Waals surface area contributed by atoms with Crippen molar-refractivity contribution in [3.05, 3.63) is 48.2 Å². The number of hydrogen-bond donors (Lipinski definition) is 0. The van der Waals surface area contributed by atoms with Crippen molar-refractivity contribution in [3.8, 4) is 17.2 Å². The van der Waals surface area contributed by atoms with Crippen LogP contribution in [-0.4, -0.2) is 39.3 Å². The number of nitrogens with zero attached hydrogens (tertiary/aromatic N) is 8. The minimum atomic E-state index is 0.566. The van der Waals surface area contributed by atoms with Crippen molar-refractivity contribution in [3.63, 3.8) is 0 Å². The van der Waals surface area contributed by atoms with Crippen molar-refractivity contribution in [1.82, 2.24) is 39.3 Å². The number of pyridine rings is 1.